The van der Waals surface area contributed by atoms with Gasteiger partial charge in [0.2, 0.25) is 0 Å². The molecule has 1 rings (SSSR count). The van der Waals surface area contributed by atoms with Gasteiger partial charge in [0.05, 0.1) is 0 Å². The molecule has 1 atom stereocenters. The van der Waals surface area contributed by atoms with Gasteiger partial charge in [-0.25, -0.2) is 0 Å². The summed E-state index contributed by atoms with van der Waals surface area (Å²) in [4.78, 5) is 11.6. The van der Waals surface area contributed by atoms with Crippen LogP contribution in [-0.2, 0) is 6.42 Å². The van der Waals surface area contributed by atoms with E-state index >= 15 is 0 Å². The lowest BCUT2D eigenvalue weighted by molar-refractivity contribution is 0.0930. The predicted octanol–water partition coefficient (Wildman–Crippen LogP) is 2.16. The summed E-state index contributed by atoms with van der Waals surface area (Å²) in [6.45, 7) is 6.04. The van der Waals surface area contributed by atoms with Crippen molar-refractivity contribution < 1.29 is 9.32 Å². The van der Waals surface area contributed by atoms with Crippen LogP contribution in [0.4, 0.5) is 0 Å². The molecule has 84 valence electrons. The number of nitrogens with one attached hydrogen (secondary N) is 1. The number of aromatic nitrogens is 1. The molecule has 1 aromatic heterocycles. The molecule has 1 amide bonds. The fraction of sp³-hybridized carbons (Fsp3) is 0.636. The lowest BCUT2D eigenvalue weighted by Crippen LogP contribution is -2.32. The van der Waals surface area contributed by atoms with Crippen molar-refractivity contribution >= 4 is 5.91 Å². The number of aryl methyl sites for hydroxylation is 1. The van der Waals surface area contributed by atoms with Gasteiger partial charge < -0.3 is 9.84 Å². The summed E-state index contributed by atoms with van der Waals surface area (Å²) in [6, 6.07) is 1.88. The molecular formula is C11H18N2O2. The van der Waals surface area contributed by atoms with E-state index in [-0.39, 0.29) is 11.9 Å². The molecule has 4 nitrogen and oxygen atoms in total. The maximum atomic E-state index is 11.6. The zero-order valence-electron chi connectivity index (χ0n) is 9.54. The summed E-state index contributed by atoms with van der Waals surface area (Å²) in [7, 11) is 0. The van der Waals surface area contributed by atoms with Gasteiger partial charge in [0.1, 0.15) is 5.76 Å². The first-order chi connectivity index (χ1) is 7.17. The van der Waals surface area contributed by atoms with Crippen molar-refractivity contribution in [2.45, 2.75) is 46.1 Å². The number of hydrogen-bond donors (Lipinski definition) is 1. The van der Waals surface area contributed by atoms with Gasteiger partial charge in [-0.1, -0.05) is 19.0 Å². The van der Waals surface area contributed by atoms with Gasteiger partial charge in [-0.15, -0.1) is 0 Å². The summed E-state index contributed by atoms with van der Waals surface area (Å²) in [5, 5.41) is 6.57. The average Bonchev–Trinajstić information content (AvgIpc) is 2.67. The maximum absolute atomic E-state index is 11.6. The van der Waals surface area contributed by atoms with E-state index in [2.05, 4.69) is 17.4 Å². The number of amides is 1. The molecule has 0 aliphatic heterocycles. The Morgan fingerprint density at radius 2 is 2.33 bits per heavy atom. The minimum atomic E-state index is -0.157. The fourth-order valence-corrected chi connectivity index (χ4v) is 1.18. The molecule has 4 heteroatoms. The molecule has 0 aliphatic rings. The zero-order valence-corrected chi connectivity index (χ0v) is 9.54. The highest BCUT2D eigenvalue weighted by atomic mass is 16.5. The molecule has 0 radical (unpaired) electrons. The Bertz CT molecular complexity index is 320. The number of carbonyl (C=O) groups is 1. The third-order valence-electron chi connectivity index (χ3n) is 2.28. The van der Waals surface area contributed by atoms with E-state index in [0.29, 0.717) is 5.69 Å². The Morgan fingerprint density at radius 3 is 2.93 bits per heavy atom. The van der Waals surface area contributed by atoms with E-state index < -0.39 is 0 Å². The fourth-order valence-electron chi connectivity index (χ4n) is 1.18. The molecular weight excluding hydrogens is 192 g/mol. The van der Waals surface area contributed by atoms with Crippen molar-refractivity contribution in [2.75, 3.05) is 0 Å². The molecule has 1 heterocycles. The third-order valence-corrected chi connectivity index (χ3v) is 2.28. The first kappa shape index (κ1) is 11.8. The van der Waals surface area contributed by atoms with Crippen LogP contribution in [0.5, 0.6) is 0 Å². The molecule has 1 aromatic rings. The molecule has 1 N–H and O–H groups in total. The van der Waals surface area contributed by atoms with Crippen LogP contribution in [0.1, 0.15) is 49.9 Å². The van der Waals surface area contributed by atoms with Crippen LogP contribution in [-0.4, -0.2) is 17.1 Å². The topological polar surface area (TPSA) is 55.1 Å². The van der Waals surface area contributed by atoms with Crippen LogP contribution < -0.4 is 5.32 Å². The lowest BCUT2D eigenvalue weighted by atomic mass is 10.2. The van der Waals surface area contributed by atoms with Gasteiger partial charge in [0.15, 0.2) is 5.69 Å². The highest BCUT2D eigenvalue weighted by Gasteiger charge is 2.13. The maximum Gasteiger partial charge on any atom is 0.273 e. The number of carbonyl (C=O) groups excluding carboxylic acids is 1. The standard InChI is InChI=1S/C11H18N2O2/c1-4-6-9-7-10(13-15-9)11(14)12-8(3)5-2/h7-8H,4-6H2,1-3H3,(H,12,14)/t8-/m0/s1. The quantitative estimate of drug-likeness (QED) is 0.810. The second-order valence-electron chi connectivity index (χ2n) is 3.71. The largest absolute Gasteiger partial charge is 0.361 e. The van der Waals surface area contributed by atoms with E-state index in [0.717, 1.165) is 25.0 Å². The van der Waals surface area contributed by atoms with Crippen LogP contribution >= 0.6 is 0 Å². The number of hydrogen-bond acceptors (Lipinski definition) is 3. The van der Waals surface area contributed by atoms with Crippen molar-refractivity contribution in [1.29, 1.82) is 0 Å². The summed E-state index contributed by atoms with van der Waals surface area (Å²) in [6.07, 6.45) is 2.72. The second-order valence-corrected chi connectivity index (χ2v) is 3.71. The summed E-state index contributed by atoms with van der Waals surface area (Å²) < 4.78 is 5.03. The Hall–Kier alpha value is -1.32. The van der Waals surface area contributed by atoms with Crippen molar-refractivity contribution in [3.05, 3.63) is 17.5 Å². The van der Waals surface area contributed by atoms with E-state index in [4.69, 9.17) is 4.52 Å². The van der Waals surface area contributed by atoms with Gasteiger partial charge in [0.25, 0.3) is 5.91 Å². The predicted molar refractivity (Wildman–Crippen MR) is 57.7 cm³/mol. The molecule has 0 saturated carbocycles. The molecule has 0 aliphatic carbocycles. The van der Waals surface area contributed by atoms with Crippen LogP contribution in [0.2, 0.25) is 0 Å². The van der Waals surface area contributed by atoms with Gasteiger partial charge in [-0.3, -0.25) is 4.79 Å². The monoisotopic (exact) mass is 210 g/mol. The lowest BCUT2D eigenvalue weighted by Gasteiger charge is -2.08. The smallest absolute Gasteiger partial charge is 0.273 e. The second kappa shape index (κ2) is 5.53. The van der Waals surface area contributed by atoms with Gasteiger partial charge in [-0.2, -0.15) is 0 Å². The van der Waals surface area contributed by atoms with E-state index in [1.165, 1.54) is 0 Å². The Balaban J connectivity index is 2.58. The summed E-state index contributed by atoms with van der Waals surface area (Å²) in [5.74, 6) is 0.613. The zero-order chi connectivity index (χ0) is 11.3. The summed E-state index contributed by atoms with van der Waals surface area (Å²) >= 11 is 0. The normalized spacial score (nSPS) is 12.5. The van der Waals surface area contributed by atoms with Crippen molar-refractivity contribution in [2.24, 2.45) is 0 Å². The van der Waals surface area contributed by atoms with Gasteiger partial charge >= 0.3 is 0 Å². The first-order valence-electron chi connectivity index (χ1n) is 5.43. The molecule has 0 aromatic carbocycles. The van der Waals surface area contributed by atoms with E-state index in [1.54, 1.807) is 6.07 Å². The van der Waals surface area contributed by atoms with Crippen LogP contribution in [0.15, 0.2) is 10.6 Å². The molecule has 0 bridgehead atoms. The van der Waals surface area contributed by atoms with Crippen molar-refractivity contribution in [1.82, 2.24) is 10.5 Å². The van der Waals surface area contributed by atoms with Crippen LogP contribution in [0.25, 0.3) is 0 Å². The molecule has 0 saturated heterocycles. The first-order valence-corrected chi connectivity index (χ1v) is 5.43. The SMILES string of the molecule is CCCc1cc(C(=O)N[C@@H](C)CC)no1. The third kappa shape index (κ3) is 3.38. The Labute approximate surface area is 90.0 Å². The Kier molecular flexibility index (Phi) is 4.34. The van der Waals surface area contributed by atoms with E-state index in [1.807, 2.05) is 13.8 Å². The summed E-state index contributed by atoms with van der Waals surface area (Å²) in [5.41, 5.74) is 0.374. The van der Waals surface area contributed by atoms with Crippen molar-refractivity contribution in [3.63, 3.8) is 0 Å². The minimum absolute atomic E-state index is 0.157. The minimum Gasteiger partial charge on any atom is -0.361 e. The van der Waals surface area contributed by atoms with Gasteiger partial charge in [0, 0.05) is 18.5 Å². The highest BCUT2D eigenvalue weighted by molar-refractivity contribution is 5.92. The van der Waals surface area contributed by atoms with Crippen LogP contribution in [0.3, 0.4) is 0 Å². The molecule has 0 fully saturated rings. The highest BCUT2D eigenvalue weighted by Crippen LogP contribution is 2.06. The van der Waals surface area contributed by atoms with Gasteiger partial charge in [-0.05, 0) is 19.8 Å². The molecule has 15 heavy (non-hydrogen) atoms. The van der Waals surface area contributed by atoms with E-state index in [9.17, 15) is 4.79 Å². The van der Waals surface area contributed by atoms with Crippen molar-refractivity contribution in [3.8, 4) is 0 Å². The molecule has 0 unspecified atom stereocenters. The van der Waals surface area contributed by atoms with Crippen LogP contribution in [0, 0.1) is 0 Å². The molecule has 0 spiro atoms. The Morgan fingerprint density at radius 1 is 1.60 bits per heavy atom. The number of nitrogens with zero attached hydrogens (tertiary/aromatic N) is 1. The number of rotatable bonds is 5. The average molecular weight is 210 g/mol.